The summed E-state index contributed by atoms with van der Waals surface area (Å²) in [7, 11) is 0. The van der Waals surface area contributed by atoms with E-state index < -0.39 is 0 Å². The Bertz CT molecular complexity index is 1370. The number of tetrazole rings is 1. The van der Waals surface area contributed by atoms with Crippen molar-refractivity contribution in [2.24, 2.45) is 0 Å². The van der Waals surface area contributed by atoms with Gasteiger partial charge in [0.05, 0.1) is 18.8 Å². The molecular formula is C27H33N7O2. The van der Waals surface area contributed by atoms with Crippen molar-refractivity contribution in [1.29, 1.82) is 0 Å². The average Bonchev–Trinajstić information content (AvgIpc) is 3.54. The van der Waals surface area contributed by atoms with Crippen LogP contribution in [0.4, 0.5) is 0 Å². The largest absolute Gasteiger partial charge is 0.497 e. The molecule has 9 heteroatoms. The van der Waals surface area contributed by atoms with Gasteiger partial charge in [-0.3, -0.25) is 4.57 Å². The van der Waals surface area contributed by atoms with Crippen molar-refractivity contribution >= 4 is 5.70 Å². The van der Waals surface area contributed by atoms with Gasteiger partial charge in [-0.05, 0) is 48.6 Å². The molecule has 0 aliphatic heterocycles. The maximum absolute atomic E-state index is 13.5. The van der Waals surface area contributed by atoms with Gasteiger partial charge in [-0.1, -0.05) is 68.8 Å². The standard InChI is InChI=1S/C27H33N7O2/c1-5-8-13-25-30-34(24(6-2)19(4)36-7-3)27(35)33(25)18-20-14-16-21(17-15-20)22-11-9-10-12-23(22)26-28-31-32-29-26/h9-12,14-17H,5-8,13,18H2,1-4H3,(H,28,29,31,32)/b24-19+. The summed E-state index contributed by atoms with van der Waals surface area (Å²) in [6.07, 6.45) is 3.41. The number of aromatic amines is 1. The maximum Gasteiger partial charge on any atom is 0.350 e. The van der Waals surface area contributed by atoms with Crippen LogP contribution >= 0.6 is 0 Å². The first kappa shape index (κ1) is 25.1. The molecule has 36 heavy (non-hydrogen) atoms. The quantitative estimate of drug-likeness (QED) is 0.301. The van der Waals surface area contributed by atoms with E-state index in [4.69, 9.17) is 9.84 Å². The molecule has 188 valence electrons. The van der Waals surface area contributed by atoms with Crippen molar-refractivity contribution in [2.75, 3.05) is 6.61 Å². The molecule has 4 aromatic rings. The highest BCUT2D eigenvalue weighted by Gasteiger charge is 2.18. The summed E-state index contributed by atoms with van der Waals surface area (Å²) in [6, 6.07) is 16.2. The number of hydrogen-bond acceptors (Lipinski definition) is 6. The second-order valence-corrected chi connectivity index (χ2v) is 8.57. The van der Waals surface area contributed by atoms with Crippen LogP contribution in [0, 0.1) is 0 Å². The molecule has 0 saturated heterocycles. The number of hydrogen-bond donors (Lipinski definition) is 1. The first-order valence-corrected chi connectivity index (χ1v) is 12.5. The van der Waals surface area contributed by atoms with Crippen molar-refractivity contribution < 1.29 is 4.74 Å². The smallest absolute Gasteiger partial charge is 0.350 e. The molecule has 9 nitrogen and oxygen atoms in total. The van der Waals surface area contributed by atoms with E-state index in [0.717, 1.165) is 58.8 Å². The minimum Gasteiger partial charge on any atom is -0.497 e. The Morgan fingerprint density at radius 2 is 1.78 bits per heavy atom. The summed E-state index contributed by atoms with van der Waals surface area (Å²) in [6.45, 7) is 8.99. The molecule has 0 unspecified atom stereocenters. The van der Waals surface area contributed by atoms with Gasteiger partial charge in [0, 0.05) is 12.0 Å². The lowest BCUT2D eigenvalue weighted by Gasteiger charge is -2.10. The number of nitrogens with zero attached hydrogens (tertiary/aromatic N) is 6. The van der Waals surface area contributed by atoms with Crippen LogP contribution in [0.25, 0.3) is 28.2 Å². The molecule has 0 spiro atoms. The molecule has 2 aromatic carbocycles. The van der Waals surface area contributed by atoms with Crippen LogP contribution in [0.5, 0.6) is 0 Å². The fourth-order valence-corrected chi connectivity index (χ4v) is 4.32. The predicted octanol–water partition coefficient (Wildman–Crippen LogP) is 4.92. The number of rotatable bonds is 11. The van der Waals surface area contributed by atoms with Gasteiger partial charge >= 0.3 is 5.69 Å². The molecule has 0 fully saturated rings. The summed E-state index contributed by atoms with van der Waals surface area (Å²) in [5, 5.41) is 19.2. The lowest BCUT2D eigenvalue weighted by Crippen LogP contribution is -2.26. The molecule has 0 amide bonds. The summed E-state index contributed by atoms with van der Waals surface area (Å²) < 4.78 is 9.00. The molecule has 0 saturated carbocycles. The number of nitrogens with one attached hydrogen (secondary N) is 1. The molecule has 1 N–H and O–H groups in total. The highest BCUT2D eigenvalue weighted by molar-refractivity contribution is 5.80. The van der Waals surface area contributed by atoms with Gasteiger partial charge in [0.25, 0.3) is 0 Å². The van der Waals surface area contributed by atoms with E-state index in [1.54, 1.807) is 4.57 Å². The van der Waals surface area contributed by atoms with Crippen molar-refractivity contribution in [2.45, 2.75) is 59.9 Å². The Labute approximate surface area is 210 Å². The lowest BCUT2D eigenvalue weighted by atomic mass is 9.98. The third-order valence-electron chi connectivity index (χ3n) is 6.17. The van der Waals surface area contributed by atoms with Crippen LogP contribution in [-0.4, -0.2) is 41.6 Å². The minimum atomic E-state index is -0.136. The normalized spacial score (nSPS) is 12.0. The van der Waals surface area contributed by atoms with Gasteiger partial charge in [0.1, 0.15) is 11.6 Å². The van der Waals surface area contributed by atoms with E-state index in [0.29, 0.717) is 25.4 Å². The number of benzene rings is 2. The monoisotopic (exact) mass is 487 g/mol. The second kappa shape index (κ2) is 11.6. The van der Waals surface area contributed by atoms with Crippen LogP contribution in [0.1, 0.15) is 58.3 Å². The first-order valence-electron chi connectivity index (χ1n) is 12.5. The van der Waals surface area contributed by atoms with Crippen LogP contribution in [-0.2, 0) is 17.7 Å². The van der Waals surface area contributed by atoms with Gasteiger partial charge in [0.2, 0.25) is 5.82 Å². The SMILES string of the molecule is CCCCc1nn(/C(CC)=C(\C)OCC)c(=O)n1Cc1ccc(-c2ccccc2-c2nn[nH]n2)cc1. The Hall–Kier alpha value is -4.01. The third kappa shape index (κ3) is 5.30. The van der Waals surface area contributed by atoms with E-state index in [1.807, 2.05) is 45.0 Å². The van der Waals surface area contributed by atoms with Gasteiger partial charge in [-0.25, -0.2) is 4.79 Å². The summed E-state index contributed by atoms with van der Waals surface area (Å²) in [4.78, 5) is 13.5. The minimum absolute atomic E-state index is 0.136. The lowest BCUT2D eigenvalue weighted by molar-refractivity contribution is 0.230. The maximum atomic E-state index is 13.5. The molecule has 0 bridgehead atoms. The number of aryl methyl sites for hydroxylation is 1. The van der Waals surface area contributed by atoms with E-state index in [1.165, 1.54) is 4.68 Å². The molecule has 0 aliphatic carbocycles. The van der Waals surface area contributed by atoms with Crippen LogP contribution in [0.3, 0.4) is 0 Å². The number of ether oxygens (including phenoxy) is 1. The summed E-state index contributed by atoms with van der Waals surface area (Å²) >= 11 is 0. The molecule has 0 radical (unpaired) electrons. The predicted molar refractivity (Wildman–Crippen MR) is 140 cm³/mol. The molecule has 0 aliphatic rings. The highest BCUT2D eigenvalue weighted by Crippen LogP contribution is 2.29. The third-order valence-corrected chi connectivity index (χ3v) is 6.17. The Balaban J connectivity index is 1.67. The first-order chi connectivity index (χ1) is 17.6. The fraction of sp³-hybridized carbons (Fsp3) is 0.370. The average molecular weight is 488 g/mol. The number of H-pyrrole nitrogens is 1. The van der Waals surface area contributed by atoms with Crippen molar-refractivity contribution in [3.63, 3.8) is 0 Å². The van der Waals surface area contributed by atoms with Gasteiger partial charge < -0.3 is 4.74 Å². The molecule has 2 aromatic heterocycles. The zero-order chi connectivity index (χ0) is 25.5. The summed E-state index contributed by atoms with van der Waals surface area (Å²) in [5.41, 5.74) is 4.65. The molecule has 2 heterocycles. The fourth-order valence-electron chi connectivity index (χ4n) is 4.32. The van der Waals surface area contributed by atoms with Crippen molar-refractivity contribution in [1.82, 2.24) is 35.0 Å². The van der Waals surface area contributed by atoms with E-state index in [2.05, 4.69) is 51.8 Å². The topological polar surface area (TPSA) is 104 Å². The van der Waals surface area contributed by atoms with Gasteiger partial charge in [-0.15, -0.1) is 10.2 Å². The zero-order valence-electron chi connectivity index (χ0n) is 21.4. The Kier molecular flexibility index (Phi) is 8.10. The number of unbranched alkanes of at least 4 members (excludes halogenated alkanes) is 1. The van der Waals surface area contributed by atoms with Gasteiger partial charge in [-0.2, -0.15) is 15.0 Å². The molecular weight excluding hydrogens is 454 g/mol. The Morgan fingerprint density at radius 3 is 2.42 bits per heavy atom. The van der Waals surface area contributed by atoms with E-state index in [9.17, 15) is 4.79 Å². The summed E-state index contributed by atoms with van der Waals surface area (Å²) in [5.74, 6) is 2.08. The van der Waals surface area contributed by atoms with E-state index >= 15 is 0 Å². The van der Waals surface area contributed by atoms with E-state index in [-0.39, 0.29) is 5.69 Å². The highest BCUT2D eigenvalue weighted by atomic mass is 16.5. The Morgan fingerprint density at radius 1 is 1.03 bits per heavy atom. The van der Waals surface area contributed by atoms with Crippen molar-refractivity contribution in [3.05, 3.63) is 76.2 Å². The molecule has 4 rings (SSSR count). The number of aromatic nitrogens is 7. The molecule has 0 atom stereocenters. The van der Waals surface area contributed by atoms with Crippen molar-refractivity contribution in [3.8, 4) is 22.5 Å². The van der Waals surface area contributed by atoms with Crippen LogP contribution in [0.2, 0.25) is 0 Å². The number of allylic oxidation sites excluding steroid dienone is 2. The van der Waals surface area contributed by atoms with Crippen LogP contribution in [0.15, 0.2) is 59.1 Å². The zero-order valence-corrected chi connectivity index (χ0v) is 21.4. The van der Waals surface area contributed by atoms with Crippen LogP contribution < -0.4 is 5.69 Å². The second-order valence-electron chi connectivity index (χ2n) is 8.57. The van der Waals surface area contributed by atoms with Gasteiger partial charge in [0.15, 0.2) is 0 Å².